The van der Waals surface area contributed by atoms with Gasteiger partial charge in [0.2, 0.25) is 0 Å². The minimum atomic E-state index is 0.601. The molecule has 0 aliphatic carbocycles. The number of benzene rings is 1. The van der Waals surface area contributed by atoms with Gasteiger partial charge in [0.15, 0.2) is 0 Å². The van der Waals surface area contributed by atoms with Crippen molar-refractivity contribution in [2.45, 2.75) is 26.4 Å². The molecule has 1 unspecified atom stereocenters. The fourth-order valence-corrected chi connectivity index (χ4v) is 3.37. The predicted molar refractivity (Wildman–Crippen MR) is 93.2 cm³/mol. The number of nitrogens with zero attached hydrogens (tertiary/aromatic N) is 2. The van der Waals surface area contributed by atoms with Gasteiger partial charge in [0.1, 0.15) is 0 Å². The summed E-state index contributed by atoms with van der Waals surface area (Å²) in [6, 6.07) is 9.25. The topological polar surface area (TPSA) is 34.3 Å². The summed E-state index contributed by atoms with van der Waals surface area (Å²) in [6.45, 7) is 12.6. The third-order valence-corrected chi connectivity index (χ3v) is 4.92. The number of hydrogen-bond donors (Lipinski definition) is 2. The molecule has 0 saturated carbocycles. The molecular formula is C18H28N4. The van der Waals surface area contributed by atoms with E-state index < -0.39 is 0 Å². The normalized spacial score (nSPS) is 18.8. The Morgan fingerprint density at radius 2 is 2.00 bits per heavy atom. The smallest absolute Gasteiger partial charge is 0.0457 e. The van der Waals surface area contributed by atoms with Gasteiger partial charge in [-0.2, -0.15) is 0 Å². The van der Waals surface area contributed by atoms with Gasteiger partial charge >= 0.3 is 0 Å². The van der Waals surface area contributed by atoms with Gasteiger partial charge in [-0.3, -0.25) is 4.90 Å². The highest BCUT2D eigenvalue weighted by Crippen LogP contribution is 2.17. The Balaban J connectivity index is 1.48. The first-order valence-corrected chi connectivity index (χ1v) is 8.50. The van der Waals surface area contributed by atoms with Crippen molar-refractivity contribution < 1.29 is 0 Å². The molecule has 0 amide bonds. The monoisotopic (exact) mass is 300 g/mol. The number of nitrogens with one attached hydrogen (secondary N) is 2. The number of rotatable bonds is 6. The van der Waals surface area contributed by atoms with Crippen LogP contribution in [0.3, 0.4) is 0 Å². The van der Waals surface area contributed by atoms with E-state index in [4.69, 9.17) is 0 Å². The van der Waals surface area contributed by atoms with E-state index in [0.717, 1.165) is 13.1 Å². The Morgan fingerprint density at radius 1 is 1.18 bits per heavy atom. The number of aromatic nitrogens is 1. The van der Waals surface area contributed by atoms with Crippen LogP contribution in [0, 0.1) is 0 Å². The zero-order chi connectivity index (χ0) is 15.4. The Morgan fingerprint density at radius 3 is 2.77 bits per heavy atom. The summed E-state index contributed by atoms with van der Waals surface area (Å²) in [7, 11) is 0. The molecule has 1 aromatic carbocycles. The molecule has 2 heterocycles. The molecule has 1 aliphatic heterocycles. The lowest BCUT2D eigenvalue weighted by molar-refractivity contribution is 0.105. The first-order valence-electron chi connectivity index (χ1n) is 8.50. The number of H-pyrrole nitrogens is 1. The Bertz CT molecular complexity index is 584. The predicted octanol–water partition coefficient (Wildman–Crippen LogP) is 2.28. The molecule has 2 N–H and O–H groups in total. The molecule has 3 rings (SSSR count). The van der Waals surface area contributed by atoms with Gasteiger partial charge in [-0.1, -0.05) is 19.1 Å². The third kappa shape index (κ3) is 3.51. The van der Waals surface area contributed by atoms with Crippen LogP contribution < -0.4 is 5.32 Å². The second kappa shape index (κ2) is 7.27. The molecule has 1 fully saturated rings. The van der Waals surface area contributed by atoms with E-state index in [-0.39, 0.29) is 0 Å². The molecule has 0 spiro atoms. The lowest BCUT2D eigenvalue weighted by Crippen LogP contribution is -2.51. The number of likely N-dealkylation sites (N-methyl/N-ethyl adjacent to an activating group) is 1. The van der Waals surface area contributed by atoms with E-state index in [0.29, 0.717) is 6.04 Å². The third-order valence-electron chi connectivity index (χ3n) is 4.92. The van der Waals surface area contributed by atoms with Crippen molar-refractivity contribution in [2.24, 2.45) is 0 Å². The maximum Gasteiger partial charge on any atom is 0.0457 e. The fourth-order valence-electron chi connectivity index (χ4n) is 3.37. The van der Waals surface area contributed by atoms with Gasteiger partial charge in [0.25, 0.3) is 0 Å². The molecule has 22 heavy (non-hydrogen) atoms. The summed E-state index contributed by atoms with van der Waals surface area (Å²) in [5, 5.41) is 4.97. The van der Waals surface area contributed by atoms with Gasteiger partial charge in [0.05, 0.1) is 0 Å². The Hall–Kier alpha value is -1.36. The van der Waals surface area contributed by atoms with Gasteiger partial charge < -0.3 is 15.2 Å². The van der Waals surface area contributed by atoms with E-state index in [1.54, 1.807) is 0 Å². The molecule has 1 atom stereocenters. The van der Waals surface area contributed by atoms with Crippen molar-refractivity contribution in [1.29, 1.82) is 0 Å². The second-order valence-corrected chi connectivity index (χ2v) is 6.31. The molecule has 1 saturated heterocycles. The summed E-state index contributed by atoms with van der Waals surface area (Å²) in [4.78, 5) is 8.42. The molecule has 2 aromatic rings. The van der Waals surface area contributed by atoms with Crippen LogP contribution in [0.1, 0.15) is 19.4 Å². The van der Waals surface area contributed by atoms with Crippen LogP contribution in [-0.4, -0.2) is 60.1 Å². The standard InChI is InChI=1S/C18H28N4/c1-3-21-9-11-22(12-10-21)15(2)13-19-14-16-5-4-6-18-17(16)7-8-20-18/h4-8,15,19-20H,3,9-14H2,1-2H3. The first kappa shape index (κ1) is 15.5. The average Bonchev–Trinajstić information content (AvgIpc) is 3.04. The van der Waals surface area contributed by atoms with Gasteiger partial charge in [0, 0.05) is 62.4 Å². The van der Waals surface area contributed by atoms with Crippen LogP contribution in [0.5, 0.6) is 0 Å². The number of hydrogen-bond acceptors (Lipinski definition) is 3. The van der Waals surface area contributed by atoms with Crippen LogP contribution in [0.4, 0.5) is 0 Å². The van der Waals surface area contributed by atoms with Crippen molar-refractivity contribution in [2.75, 3.05) is 39.3 Å². The largest absolute Gasteiger partial charge is 0.361 e. The van der Waals surface area contributed by atoms with E-state index in [1.165, 1.54) is 49.2 Å². The van der Waals surface area contributed by atoms with Crippen molar-refractivity contribution in [3.63, 3.8) is 0 Å². The molecular weight excluding hydrogens is 272 g/mol. The Labute approximate surface area is 133 Å². The maximum atomic E-state index is 3.64. The highest BCUT2D eigenvalue weighted by molar-refractivity contribution is 5.82. The Kier molecular flexibility index (Phi) is 5.13. The van der Waals surface area contributed by atoms with Crippen molar-refractivity contribution in [1.82, 2.24) is 20.1 Å². The SMILES string of the molecule is CCN1CCN(C(C)CNCc2cccc3[nH]ccc23)CC1. The van der Waals surface area contributed by atoms with Crippen LogP contribution in [-0.2, 0) is 6.54 Å². The quantitative estimate of drug-likeness (QED) is 0.859. The molecule has 1 aromatic heterocycles. The molecule has 0 bridgehead atoms. The zero-order valence-electron chi connectivity index (χ0n) is 13.8. The highest BCUT2D eigenvalue weighted by Gasteiger charge is 2.19. The summed E-state index contributed by atoms with van der Waals surface area (Å²) < 4.78 is 0. The number of fused-ring (bicyclic) bond motifs is 1. The van der Waals surface area contributed by atoms with E-state index in [2.05, 4.69) is 58.2 Å². The van der Waals surface area contributed by atoms with Crippen LogP contribution in [0.2, 0.25) is 0 Å². The van der Waals surface area contributed by atoms with E-state index in [1.807, 2.05) is 6.20 Å². The number of piperazine rings is 1. The fraction of sp³-hybridized carbons (Fsp3) is 0.556. The lowest BCUT2D eigenvalue weighted by Gasteiger charge is -2.37. The summed E-state index contributed by atoms with van der Waals surface area (Å²) in [6.07, 6.45) is 2.02. The molecule has 4 nitrogen and oxygen atoms in total. The molecule has 4 heteroatoms. The molecule has 120 valence electrons. The summed E-state index contributed by atoms with van der Waals surface area (Å²) in [5.41, 5.74) is 2.60. The van der Waals surface area contributed by atoms with Crippen LogP contribution >= 0.6 is 0 Å². The first-order chi connectivity index (χ1) is 10.8. The zero-order valence-corrected chi connectivity index (χ0v) is 13.8. The number of aromatic amines is 1. The van der Waals surface area contributed by atoms with Crippen LogP contribution in [0.15, 0.2) is 30.5 Å². The lowest BCUT2D eigenvalue weighted by atomic mass is 10.1. The molecule has 1 aliphatic rings. The second-order valence-electron chi connectivity index (χ2n) is 6.31. The van der Waals surface area contributed by atoms with Gasteiger partial charge in [-0.25, -0.2) is 0 Å². The minimum absolute atomic E-state index is 0.601. The van der Waals surface area contributed by atoms with Crippen LogP contribution in [0.25, 0.3) is 10.9 Å². The summed E-state index contributed by atoms with van der Waals surface area (Å²) in [5.74, 6) is 0. The van der Waals surface area contributed by atoms with Crippen molar-refractivity contribution in [3.8, 4) is 0 Å². The highest BCUT2D eigenvalue weighted by atomic mass is 15.3. The minimum Gasteiger partial charge on any atom is -0.361 e. The molecule has 0 radical (unpaired) electrons. The van der Waals surface area contributed by atoms with E-state index in [9.17, 15) is 0 Å². The maximum absolute atomic E-state index is 3.64. The summed E-state index contributed by atoms with van der Waals surface area (Å²) >= 11 is 0. The van der Waals surface area contributed by atoms with Crippen molar-refractivity contribution >= 4 is 10.9 Å². The van der Waals surface area contributed by atoms with E-state index >= 15 is 0 Å². The average molecular weight is 300 g/mol. The van der Waals surface area contributed by atoms with Crippen molar-refractivity contribution in [3.05, 3.63) is 36.0 Å². The van der Waals surface area contributed by atoms with Gasteiger partial charge in [-0.15, -0.1) is 0 Å². The van der Waals surface area contributed by atoms with Gasteiger partial charge in [-0.05, 0) is 31.2 Å².